The van der Waals surface area contributed by atoms with E-state index < -0.39 is 0 Å². The zero-order valence-corrected chi connectivity index (χ0v) is 6.70. The number of rotatable bonds is 0. The highest BCUT2D eigenvalue weighted by Crippen LogP contribution is 2.28. The number of allylic oxidation sites excluding steroid dienone is 1. The van der Waals surface area contributed by atoms with Gasteiger partial charge in [0.2, 0.25) is 0 Å². The lowest BCUT2D eigenvalue weighted by Crippen LogP contribution is -1.91. The molecular formula is C10H8O2. The van der Waals surface area contributed by atoms with Crippen LogP contribution < -0.4 is 0 Å². The number of fused-ring (bicyclic) bond motifs is 1. The Morgan fingerprint density at radius 3 is 2.58 bits per heavy atom. The molecule has 1 aromatic rings. The number of carbonyl (C=O) groups is 1. The monoisotopic (exact) mass is 160 g/mol. The zero-order valence-electron chi connectivity index (χ0n) is 6.70. The second-order valence-corrected chi connectivity index (χ2v) is 2.59. The first kappa shape index (κ1) is 7.10. The van der Waals surface area contributed by atoms with Crippen molar-refractivity contribution >= 4 is 11.7 Å². The largest absolute Gasteiger partial charge is 0.423 e. The third-order valence-corrected chi connectivity index (χ3v) is 1.88. The predicted octanol–water partition coefficient (Wildman–Crippen LogP) is 2.22. The summed E-state index contributed by atoms with van der Waals surface area (Å²) in [5, 5.41) is 0. The summed E-state index contributed by atoms with van der Waals surface area (Å²) in [6.07, 6.45) is 1.80. The molecule has 2 rings (SSSR count). The summed E-state index contributed by atoms with van der Waals surface area (Å²) in [7, 11) is 0. The Labute approximate surface area is 70.5 Å². The Morgan fingerprint density at radius 2 is 1.92 bits per heavy atom. The van der Waals surface area contributed by atoms with Crippen molar-refractivity contribution in [2.45, 2.75) is 6.92 Å². The first-order chi connectivity index (χ1) is 5.83. The lowest BCUT2D eigenvalue weighted by molar-refractivity contribution is 0.0715. The molecule has 0 saturated carbocycles. The summed E-state index contributed by atoms with van der Waals surface area (Å²) >= 11 is 0. The van der Waals surface area contributed by atoms with E-state index >= 15 is 0 Å². The van der Waals surface area contributed by atoms with Crippen LogP contribution in [0.15, 0.2) is 30.3 Å². The minimum atomic E-state index is -0.251. The maximum absolute atomic E-state index is 11.2. The maximum atomic E-state index is 11.2. The van der Waals surface area contributed by atoms with E-state index in [-0.39, 0.29) is 5.97 Å². The molecule has 0 bridgehead atoms. The van der Waals surface area contributed by atoms with Gasteiger partial charge < -0.3 is 4.74 Å². The zero-order chi connectivity index (χ0) is 8.55. The minimum Gasteiger partial charge on any atom is -0.423 e. The predicted molar refractivity (Wildman–Crippen MR) is 45.5 cm³/mol. The fourth-order valence-corrected chi connectivity index (χ4v) is 1.30. The molecule has 0 unspecified atom stereocenters. The van der Waals surface area contributed by atoms with Gasteiger partial charge in [0.1, 0.15) is 5.76 Å². The van der Waals surface area contributed by atoms with Crippen molar-refractivity contribution in [3.8, 4) is 0 Å². The van der Waals surface area contributed by atoms with Crippen molar-refractivity contribution in [1.29, 1.82) is 0 Å². The summed E-state index contributed by atoms with van der Waals surface area (Å²) in [5.41, 5.74) is 1.55. The van der Waals surface area contributed by atoms with E-state index in [0.717, 1.165) is 5.56 Å². The minimum absolute atomic E-state index is 0.251. The van der Waals surface area contributed by atoms with Gasteiger partial charge in [0.05, 0.1) is 5.56 Å². The van der Waals surface area contributed by atoms with Crippen molar-refractivity contribution in [1.82, 2.24) is 0 Å². The molecule has 0 saturated heterocycles. The van der Waals surface area contributed by atoms with E-state index in [0.29, 0.717) is 11.3 Å². The quantitative estimate of drug-likeness (QED) is 0.544. The van der Waals surface area contributed by atoms with Gasteiger partial charge in [-0.3, -0.25) is 0 Å². The van der Waals surface area contributed by atoms with Crippen LogP contribution in [0.2, 0.25) is 0 Å². The third kappa shape index (κ3) is 0.848. The van der Waals surface area contributed by atoms with Crippen molar-refractivity contribution < 1.29 is 9.53 Å². The smallest absolute Gasteiger partial charge is 0.344 e. The average Bonchev–Trinajstić information content (AvgIpc) is 2.44. The molecule has 1 heterocycles. The molecule has 0 aliphatic carbocycles. The number of hydrogen-bond acceptors (Lipinski definition) is 2. The van der Waals surface area contributed by atoms with Crippen LogP contribution in [0.5, 0.6) is 0 Å². The molecule has 0 radical (unpaired) electrons. The van der Waals surface area contributed by atoms with Gasteiger partial charge >= 0.3 is 5.97 Å². The standard InChI is InChI=1S/C10H8O2/c1-2-9-7-5-3-4-6-8(7)10(11)12-9/h2-6H,1H3. The highest BCUT2D eigenvalue weighted by atomic mass is 16.5. The van der Waals surface area contributed by atoms with Crippen molar-refractivity contribution in [3.63, 3.8) is 0 Å². The number of esters is 1. The van der Waals surface area contributed by atoms with Crippen molar-refractivity contribution in [3.05, 3.63) is 41.5 Å². The van der Waals surface area contributed by atoms with Crippen LogP contribution in [0.1, 0.15) is 22.8 Å². The van der Waals surface area contributed by atoms with Crippen molar-refractivity contribution in [2.75, 3.05) is 0 Å². The van der Waals surface area contributed by atoms with Crippen LogP contribution in [0.3, 0.4) is 0 Å². The van der Waals surface area contributed by atoms with Crippen LogP contribution >= 0.6 is 0 Å². The fraction of sp³-hybridized carbons (Fsp3) is 0.100. The van der Waals surface area contributed by atoms with Crippen LogP contribution in [0.25, 0.3) is 5.76 Å². The van der Waals surface area contributed by atoms with Gasteiger partial charge in [-0.25, -0.2) is 4.79 Å². The van der Waals surface area contributed by atoms with Gasteiger partial charge in [-0.2, -0.15) is 0 Å². The Morgan fingerprint density at radius 1 is 1.25 bits per heavy atom. The molecule has 0 amide bonds. The Balaban J connectivity index is 2.65. The van der Waals surface area contributed by atoms with E-state index in [4.69, 9.17) is 4.74 Å². The van der Waals surface area contributed by atoms with Crippen LogP contribution in [-0.4, -0.2) is 5.97 Å². The molecule has 0 fully saturated rings. The van der Waals surface area contributed by atoms with Gasteiger partial charge in [0, 0.05) is 5.56 Å². The lowest BCUT2D eigenvalue weighted by Gasteiger charge is -1.93. The summed E-state index contributed by atoms with van der Waals surface area (Å²) in [6.45, 7) is 1.85. The number of hydrogen-bond donors (Lipinski definition) is 0. The first-order valence-corrected chi connectivity index (χ1v) is 3.81. The number of benzene rings is 1. The molecule has 1 aliphatic heterocycles. The lowest BCUT2D eigenvalue weighted by atomic mass is 10.1. The number of ether oxygens (including phenoxy) is 1. The molecule has 0 N–H and O–H groups in total. The topological polar surface area (TPSA) is 26.3 Å². The molecule has 0 aromatic heterocycles. The van der Waals surface area contributed by atoms with E-state index in [2.05, 4.69) is 0 Å². The summed E-state index contributed by atoms with van der Waals surface area (Å²) < 4.78 is 5.00. The van der Waals surface area contributed by atoms with Gasteiger partial charge in [-0.15, -0.1) is 0 Å². The van der Waals surface area contributed by atoms with E-state index in [1.165, 1.54) is 0 Å². The van der Waals surface area contributed by atoms with Crippen LogP contribution in [-0.2, 0) is 4.74 Å². The van der Waals surface area contributed by atoms with E-state index in [9.17, 15) is 4.79 Å². The molecule has 12 heavy (non-hydrogen) atoms. The van der Waals surface area contributed by atoms with E-state index in [1.54, 1.807) is 12.1 Å². The molecule has 1 aromatic carbocycles. The number of cyclic esters (lactones) is 1. The van der Waals surface area contributed by atoms with Gasteiger partial charge in [0.15, 0.2) is 0 Å². The highest BCUT2D eigenvalue weighted by Gasteiger charge is 2.24. The summed E-state index contributed by atoms with van der Waals surface area (Å²) in [5.74, 6) is 0.411. The molecule has 60 valence electrons. The van der Waals surface area contributed by atoms with Crippen molar-refractivity contribution in [2.24, 2.45) is 0 Å². The second kappa shape index (κ2) is 2.48. The average molecular weight is 160 g/mol. The molecule has 0 spiro atoms. The maximum Gasteiger partial charge on any atom is 0.344 e. The Bertz CT molecular complexity index is 364. The molecule has 1 aliphatic rings. The van der Waals surface area contributed by atoms with E-state index in [1.807, 2.05) is 25.1 Å². The fourth-order valence-electron chi connectivity index (χ4n) is 1.30. The number of carbonyl (C=O) groups excluding carboxylic acids is 1. The third-order valence-electron chi connectivity index (χ3n) is 1.88. The SMILES string of the molecule is CC=C1OC(=O)c2ccccc21. The second-order valence-electron chi connectivity index (χ2n) is 2.59. The molecule has 2 heteroatoms. The summed E-state index contributed by atoms with van der Waals surface area (Å²) in [6, 6.07) is 7.38. The summed E-state index contributed by atoms with van der Waals surface area (Å²) in [4.78, 5) is 11.2. The van der Waals surface area contributed by atoms with Gasteiger partial charge in [0.25, 0.3) is 0 Å². The van der Waals surface area contributed by atoms with Gasteiger partial charge in [-0.1, -0.05) is 18.2 Å². The van der Waals surface area contributed by atoms with Crippen LogP contribution in [0.4, 0.5) is 0 Å². The van der Waals surface area contributed by atoms with Crippen LogP contribution in [0, 0.1) is 0 Å². The Kier molecular flexibility index (Phi) is 1.47. The molecule has 0 atom stereocenters. The Hall–Kier alpha value is -1.57. The first-order valence-electron chi connectivity index (χ1n) is 3.81. The van der Waals surface area contributed by atoms with Gasteiger partial charge in [-0.05, 0) is 19.1 Å². The highest BCUT2D eigenvalue weighted by molar-refractivity contribution is 6.02. The molecule has 2 nitrogen and oxygen atoms in total. The molecular weight excluding hydrogens is 152 g/mol. The normalized spacial score (nSPS) is 17.8.